The van der Waals surface area contributed by atoms with Crippen molar-refractivity contribution in [2.45, 2.75) is 46.8 Å². The quantitative estimate of drug-likeness (QED) is 0.896. The number of hydrogen-bond acceptors (Lipinski definition) is 2. The Kier molecular flexibility index (Phi) is 5.43. The molecule has 3 heteroatoms. The van der Waals surface area contributed by atoms with Crippen molar-refractivity contribution in [3.63, 3.8) is 0 Å². The predicted octanol–water partition coefficient (Wildman–Crippen LogP) is 4.26. The van der Waals surface area contributed by atoms with Gasteiger partial charge in [0.15, 0.2) is 6.10 Å². The highest BCUT2D eigenvalue weighted by Gasteiger charge is 2.17. The van der Waals surface area contributed by atoms with E-state index in [1.807, 2.05) is 63.2 Å². The van der Waals surface area contributed by atoms with Crippen LogP contribution in [0.4, 0.5) is 0 Å². The van der Waals surface area contributed by atoms with Crippen LogP contribution in [0.3, 0.4) is 0 Å². The van der Waals surface area contributed by atoms with Crippen molar-refractivity contribution in [1.29, 1.82) is 0 Å². The highest BCUT2D eigenvalue weighted by Crippen LogP contribution is 2.18. The van der Waals surface area contributed by atoms with Gasteiger partial charge in [-0.05, 0) is 63.4 Å². The van der Waals surface area contributed by atoms with Crippen LogP contribution >= 0.6 is 0 Å². The molecule has 3 nitrogen and oxygen atoms in total. The lowest BCUT2D eigenvalue weighted by Crippen LogP contribution is -2.37. The van der Waals surface area contributed by atoms with Crippen LogP contribution in [0.5, 0.6) is 5.75 Å². The van der Waals surface area contributed by atoms with Crippen molar-refractivity contribution >= 4 is 5.91 Å². The molecular formula is C20H25NO2. The van der Waals surface area contributed by atoms with Crippen molar-refractivity contribution in [3.05, 3.63) is 64.7 Å². The van der Waals surface area contributed by atoms with Crippen molar-refractivity contribution in [2.24, 2.45) is 0 Å². The number of nitrogens with one attached hydrogen (secondary N) is 1. The molecule has 0 aromatic heterocycles. The third kappa shape index (κ3) is 4.59. The lowest BCUT2D eigenvalue weighted by Gasteiger charge is -2.19. The van der Waals surface area contributed by atoms with E-state index in [1.165, 1.54) is 11.1 Å². The highest BCUT2D eigenvalue weighted by atomic mass is 16.5. The van der Waals surface area contributed by atoms with E-state index >= 15 is 0 Å². The van der Waals surface area contributed by atoms with Crippen LogP contribution in [-0.2, 0) is 4.79 Å². The first-order chi connectivity index (χ1) is 10.9. The molecule has 0 bridgehead atoms. The summed E-state index contributed by atoms with van der Waals surface area (Å²) in [5.41, 5.74) is 4.66. The number of hydrogen-bond donors (Lipinski definition) is 1. The van der Waals surface area contributed by atoms with Gasteiger partial charge in [-0.1, -0.05) is 35.9 Å². The Hall–Kier alpha value is -2.29. The minimum Gasteiger partial charge on any atom is -0.481 e. The number of aryl methyl sites for hydroxylation is 3. The molecule has 2 rings (SSSR count). The second-order valence-corrected chi connectivity index (χ2v) is 6.15. The third-order valence-corrected chi connectivity index (χ3v) is 4.10. The maximum atomic E-state index is 12.3. The number of benzene rings is 2. The molecule has 23 heavy (non-hydrogen) atoms. The van der Waals surface area contributed by atoms with E-state index in [1.54, 1.807) is 6.92 Å². The largest absolute Gasteiger partial charge is 0.481 e. The molecule has 2 aromatic carbocycles. The average molecular weight is 311 g/mol. The maximum absolute atomic E-state index is 12.3. The Morgan fingerprint density at radius 2 is 1.61 bits per heavy atom. The fraction of sp³-hybridized carbons (Fsp3) is 0.350. The standard InChI is InChI=1S/C20H25NO2/c1-13-6-9-18(10-7-13)16(4)21-20(22)17(5)23-19-11-8-14(2)15(3)12-19/h6-12,16-17H,1-5H3,(H,21,22)/t16-,17-/m1/s1. The van der Waals surface area contributed by atoms with Crippen molar-refractivity contribution in [1.82, 2.24) is 5.32 Å². The Morgan fingerprint density at radius 3 is 2.22 bits per heavy atom. The lowest BCUT2D eigenvalue weighted by atomic mass is 10.1. The van der Waals surface area contributed by atoms with Crippen molar-refractivity contribution in [3.8, 4) is 5.75 Å². The second-order valence-electron chi connectivity index (χ2n) is 6.15. The van der Waals surface area contributed by atoms with E-state index in [2.05, 4.69) is 12.2 Å². The van der Waals surface area contributed by atoms with Gasteiger partial charge in [-0.2, -0.15) is 0 Å². The molecule has 0 radical (unpaired) electrons. The van der Waals surface area contributed by atoms with Crippen LogP contribution in [0.1, 0.15) is 42.1 Å². The zero-order valence-electron chi connectivity index (χ0n) is 14.5. The van der Waals surface area contributed by atoms with Gasteiger partial charge in [0, 0.05) is 0 Å². The van der Waals surface area contributed by atoms with E-state index in [4.69, 9.17) is 4.74 Å². The normalized spacial score (nSPS) is 13.3. The van der Waals surface area contributed by atoms with Gasteiger partial charge in [0.2, 0.25) is 0 Å². The predicted molar refractivity (Wildman–Crippen MR) is 93.7 cm³/mol. The zero-order valence-corrected chi connectivity index (χ0v) is 14.5. The summed E-state index contributed by atoms with van der Waals surface area (Å²) in [7, 11) is 0. The van der Waals surface area contributed by atoms with Gasteiger partial charge in [0.25, 0.3) is 5.91 Å². The van der Waals surface area contributed by atoms with Crippen LogP contribution in [0.15, 0.2) is 42.5 Å². The Bertz CT molecular complexity index is 677. The second kappa shape index (κ2) is 7.32. The van der Waals surface area contributed by atoms with E-state index in [9.17, 15) is 4.79 Å². The topological polar surface area (TPSA) is 38.3 Å². The summed E-state index contributed by atoms with van der Waals surface area (Å²) in [4.78, 5) is 12.3. The van der Waals surface area contributed by atoms with Gasteiger partial charge < -0.3 is 10.1 Å². The van der Waals surface area contributed by atoms with Crippen molar-refractivity contribution in [2.75, 3.05) is 0 Å². The molecule has 2 atom stereocenters. The molecule has 0 unspecified atom stereocenters. The third-order valence-electron chi connectivity index (χ3n) is 4.10. The van der Waals surface area contributed by atoms with E-state index in [0.29, 0.717) is 0 Å². The molecule has 2 aromatic rings. The molecule has 1 amide bonds. The van der Waals surface area contributed by atoms with Gasteiger partial charge in [0.05, 0.1) is 6.04 Å². The fourth-order valence-electron chi connectivity index (χ4n) is 2.31. The first-order valence-electron chi connectivity index (χ1n) is 7.97. The summed E-state index contributed by atoms with van der Waals surface area (Å²) < 4.78 is 5.76. The number of ether oxygens (including phenoxy) is 1. The summed E-state index contributed by atoms with van der Waals surface area (Å²) in [6.45, 7) is 9.88. The molecule has 1 N–H and O–H groups in total. The smallest absolute Gasteiger partial charge is 0.261 e. The highest BCUT2D eigenvalue weighted by molar-refractivity contribution is 5.81. The van der Waals surface area contributed by atoms with Crippen LogP contribution < -0.4 is 10.1 Å². The molecule has 0 aliphatic heterocycles. The van der Waals surface area contributed by atoms with Gasteiger partial charge in [-0.3, -0.25) is 4.79 Å². The summed E-state index contributed by atoms with van der Waals surface area (Å²) in [5.74, 6) is 0.607. The Balaban J connectivity index is 1.96. The first-order valence-corrected chi connectivity index (χ1v) is 7.97. The molecule has 0 heterocycles. The fourth-order valence-corrected chi connectivity index (χ4v) is 2.31. The van der Waals surface area contributed by atoms with Crippen LogP contribution in [0, 0.1) is 20.8 Å². The zero-order chi connectivity index (χ0) is 17.0. The monoisotopic (exact) mass is 311 g/mol. The molecule has 0 fully saturated rings. The van der Waals surface area contributed by atoms with E-state index in [-0.39, 0.29) is 11.9 Å². The number of carbonyl (C=O) groups is 1. The first kappa shape index (κ1) is 17.1. The van der Waals surface area contributed by atoms with Crippen LogP contribution in [0.25, 0.3) is 0 Å². The molecule has 0 saturated carbocycles. The molecular weight excluding hydrogens is 286 g/mol. The van der Waals surface area contributed by atoms with E-state index in [0.717, 1.165) is 16.9 Å². The summed E-state index contributed by atoms with van der Waals surface area (Å²) in [6, 6.07) is 14.0. The van der Waals surface area contributed by atoms with Crippen LogP contribution in [0.2, 0.25) is 0 Å². The van der Waals surface area contributed by atoms with Gasteiger partial charge in [0.1, 0.15) is 5.75 Å². The Labute approximate surface area is 138 Å². The summed E-state index contributed by atoms with van der Waals surface area (Å²) >= 11 is 0. The SMILES string of the molecule is Cc1ccc([C@@H](C)NC(=O)[C@@H](C)Oc2ccc(C)c(C)c2)cc1. The number of amides is 1. The van der Waals surface area contributed by atoms with Gasteiger partial charge in [-0.25, -0.2) is 0 Å². The van der Waals surface area contributed by atoms with Gasteiger partial charge >= 0.3 is 0 Å². The molecule has 0 saturated heterocycles. The molecule has 0 aliphatic carbocycles. The summed E-state index contributed by atoms with van der Waals surface area (Å²) in [6.07, 6.45) is -0.537. The molecule has 0 spiro atoms. The molecule has 122 valence electrons. The minimum atomic E-state index is -0.537. The van der Waals surface area contributed by atoms with Crippen LogP contribution in [-0.4, -0.2) is 12.0 Å². The van der Waals surface area contributed by atoms with Gasteiger partial charge in [-0.15, -0.1) is 0 Å². The number of rotatable bonds is 5. The Morgan fingerprint density at radius 1 is 0.957 bits per heavy atom. The van der Waals surface area contributed by atoms with E-state index < -0.39 is 6.10 Å². The minimum absolute atomic E-state index is 0.0473. The average Bonchev–Trinajstić information content (AvgIpc) is 2.51. The number of carbonyl (C=O) groups excluding carboxylic acids is 1. The summed E-state index contributed by atoms with van der Waals surface area (Å²) in [5, 5.41) is 3.00. The maximum Gasteiger partial charge on any atom is 0.261 e. The molecule has 0 aliphatic rings. The van der Waals surface area contributed by atoms with Crippen molar-refractivity contribution < 1.29 is 9.53 Å². The lowest BCUT2D eigenvalue weighted by molar-refractivity contribution is -0.127.